The Kier molecular flexibility index (Phi) is 45.3. The summed E-state index contributed by atoms with van der Waals surface area (Å²) < 4.78 is 0. The first kappa shape index (κ1) is 98.3. The van der Waals surface area contributed by atoms with Crippen molar-refractivity contribution in [3.63, 3.8) is 0 Å². The van der Waals surface area contributed by atoms with Crippen molar-refractivity contribution in [2.45, 2.75) is 203 Å². The molecule has 12 rings (SSSR count). The maximum absolute atomic E-state index is 9.76. The van der Waals surface area contributed by atoms with Crippen molar-refractivity contribution in [1.29, 1.82) is 0 Å². The van der Waals surface area contributed by atoms with Gasteiger partial charge in [0.15, 0.2) is 0 Å². The first-order valence-corrected chi connectivity index (χ1v) is 39.4. The first-order valence-electron chi connectivity index (χ1n) is 39.4. The summed E-state index contributed by atoms with van der Waals surface area (Å²) in [5.41, 5.74) is 19.1. The van der Waals surface area contributed by atoms with Gasteiger partial charge < -0.3 is 45.6 Å². The van der Waals surface area contributed by atoms with Crippen molar-refractivity contribution < 1.29 is 91.9 Å². The fourth-order valence-corrected chi connectivity index (χ4v) is 11.7. The molecule has 6 atom stereocenters. The molecular formula is C99H117Ir2N6O6Pt-3. The zero-order valence-corrected chi connectivity index (χ0v) is 75.4. The van der Waals surface area contributed by atoms with Crippen molar-refractivity contribution >= 4 is 0 Å². The van der Waals surface area contributed by atoms with Crippen LogP contribution in [-0.2, 0) is 61.3 Å². The largest absolute Gasteiger partial charge is 0.393 e. The molecular weight excluding hydrogens is 1950 g/mol. The third-order valence-corrected chi connectivity index (χ3v) is 18.8. The molecule has 2 radical (unpaired) electrons. The molecule has 6 unspecified atom stereocenters. The molecule has 0 saturated carbocycles. The van der Waals surface area contributed by atoms with E-state index in [1.165, 1.54) is 49.7 Å². The molecule has 3 heterocycles. The van der Waals surface area contributed by atoms with Gasteiger partial charge in [0, 0.05) is 120 Å². The van der Waals surface area contributed by atoms with E-state index < -0.39 is 12.2 Å². The van der Waals surface area contributed by atoms with Gasteiger partial charge in [-0.25, -0.2) is 0 Å². The van der Waals surface area contributed by atoms with Gasteiger partial charge in [0.2, 0.25) is 0 Å². The quantitative estimate of drug-likeness (QED) is 0.0234. The van der Waals surface area contributed by atoms with Crippen molar-refractivity contribution in [3.8, 4) is 101 Å². The van der Waals surface area contributed by atoms with Gasteiger partial charge in [-0.1, -0.05) is 296 Å². The van der Waals surface area contributed by atoms with Crippen LogP contribution < -0.4 is 0 Å². The van der Waals surface area contributed by atoms with Gasteiger partial charge in [-0.05, 0) is 73.5 Å². The fraction of sp³-hybridized carbons (Fsp3) is 0.333. The molecule has 0 saturated heterocycles. The van der Waals surface area contributed by atoms with Crippen LogP contribution in [0.5, 0.6) is 0 Å². The number of rotatable bonds is 25. The maximum atomic E-state index is 9.76. The maximum Gasteiger partial charge on any atom is 0.0873 e. The van der Waals surface area contributed by atoms with Gasteiger partial charge in [-0.3, -0.25) is 15.0 Å². The van der Waals surface area contributed by atoms with Crippen LogP contribution in [0.25, 0.3) is 101 Å². The van der Waals surface area contributed by atoms with E-state index in [1.54, 1.807) is 6.92 Å². The van der Waals surface area contributed by atoms with Gasteiger partial charge in [-0.15, -0.1) is 107 Å². The zero-order valence-electron chi connectivity index (χ0n) is 68.3. The van der Waals surface area contributed by atoms with Crippen molar-refractivity contribution in [1.82, 2.24) is 29.9 Å². The summed E-state index contributed by atoms with van der Waals surface area (Å²) in [7, 11) is 0. The molecule has 9 aromatic carbocycles. The van der Waals surface area contributed by atoms with E-state index >= 15 is 0 Å². The van der Waals surface area contributed by atoms with E-state index in [4.69, 9.17) is 45.2 Å². The smallest absolute Gasteiger partial charge is 0.0873 e. The first-order chi connectivity index (χ1) is 53.4. The Labute approximate surface area is 722 Å². The topological polar surface area (TPSA) is 199 Å². The number of aliphatic hydroxyl groups is 6. The Bertz CT molecular complexity index is 4340. The third-order valence-electron chi connectivity index (χ3n) is 18.8. The number of benzene rings is 9. The van der Waals surface area contributed by atoms with Gasteiger partial charge in [0.05, 0.1) is 70.8 Å². The van der Waals surface area contributed by atoms with Crippen LogP contribution in [0.15, 0.2) is 261 Å². The van der Waals surface area contributed by atoms with Crippen molar-refractivity contribution in [2.24, 2.45) is 10.8 Å². The van der Waals surface area contributed by atoms with E-state index in [-0.39, 0.29) is 96.5 Å². The average Bonchev–Trinajstić information content (AvgIpc) is 0.806. The summed E-state index contributed by atoms with van der Waals surface area (Å²) in [6.07, 6.45) is 16.1. The summed E-state index contributed by atoms with van der Waals surface area (Å²) in [5, 5.41) is 56.1. The summed E-state index contributed by atoms with van der Waals surface area (Å²) in [6, 6.07) is 90.8. The second kappa shape index (κ2) is 52.5. The minimum atomic E-state index is -0.443. The SMILES string of the molecule is CC(C)(C)C(O)CC(O)C(C)(C)C.CCC(O)CC(O)CC.CCCCCCCCCC(O)CC(C)O.Cc1c[c-]c(-c2ncc(-c3ccccc3)nc2-c2ccc(C)cc2)cc1.[Ir].[Ir].[Pt].[c-]1ccccc1-c1ncc(-c2ccccc2)nc1-c1ccccc1.[c-]1ccccc1-c1ncc(-c2ccccc2)nc1-c1ccccc1. The predicted octanol–water partition coefficient (Wildman–Crippen LogP) is 22.8. The number of aromatic nitrogens is 6. The molecule has 12 nitrogen and oxygen atoms in total. The van der Waals surface area contributed by atoms with Crippen LogP contribution in [0, 0.1) is 42.9 Å². The Balaban J connectivity index is 0.000000296. The Morgan fingerprint density at radius 1 is 0.333 bits per heavy atom. The number of hydrogen-bond donors (Lipinski definition) is 6. The van der Waals surface area contributed by atoms with Gasteiger partial charge in [0.1, 0.15) is 0 Å². The van der Waals surface area contributed by atoms with Crippen LogP contribution in [0.1, 0.15) is 164 Å². The standard InChI is InChI=1S/C24H19N2.2C22H15N2.C13H28O2.C11H24O2.C7H16O2.2Ir.Pt/c1-17-8-12-20(13-9-17)23-24(21-14-10-18(2)11-15-21)26-22(16-25-23)19-6-4-3-5-7-19;2*1-4-10-17(11-5-1)20-16-23-21(18-12-6-2-7-13-18)22(24-20)19-14-8-3-9-15-19;1-3-4-5-6-7-8-9-10-13(15)11-12(2)14;1-10(2,3)8(12)7-9(13)11(4,5)6;1-3-6(8)5-7(9)4-2;;;/h3-12,14-16H,1-2H3;2*1-12,14-16H;12-15H,3-11H2,1-2H3;8-9,12-13H,7H2,1-6H3;6-9H,3-5H2,1-2H3;;;/q3*-1;;;;;;. The molecule has 0 bridgehead atoms. The minimum absolute atomic E-state index is 0. The molecule has 0 aliphatic carbocycles. The summed E-state index contributed by atoms with van der Waals surface area (Å²) in [4.78, 5) is 28.9. The number of aliphatic hydroxyl groups excluding tert-OH is 6. The third kappa shape index (κ3) is 34.0. The molecule has 15 heteroatoms. The van der Waals surface area contributed by atoms with E-state index in [0.29, 0.717) is 19.3 Å². The Hall–Kier alpha value is -8.03. The van der Waals surface area contributed by atoms with E-state index in [0.717, 1.165) is 127 Å². The molecule has 12 aromatic rings. The number of hydrogen-bond acceptors (Lipinski definition) is 12. The summed E-state index contributed by atoms with van der Waals surface area (Å²) in [5.74, 6) is 0. The van der Waals surface area contributed by atoms with Gasteiger partial charge >= 0.3 is 0 Å². The van der Waals surface area contributed by atoms with E-state index in [2.05, 4.69) is 112 Å². The molecule has 3 aromatic heterocycles. The molecule has 0 aliphatic rings. The Morgan fingerprint density at radius 2 is 0.658 bits per heavy atom. The normalized spacial score (nSPS) is 12.3. The van der Waals surface area contributed by atoms with Crippen LogP contribution in [-0.4, -0.2) is 97.2 Å². The van der Waals surface area contributed by atoms with Crippen LogP contribution in [0.4, 0.5) is 0 Å². The van der Waals surface area contributed by atoms with Gasteiger partial charge in [-0.2, -0.15) is 0 Å². The molecule has 114 heavy (non-hydrogen) atoms. The Morgan fingerprint density at radius 3 is 0.974 bits per heavy atom. The van der Waals surface area contributed by atoms with E-state index in [1.807, 2.05) is 244 Å². The second-order valence-electron chi connectivity index (χ2n) is 30.4. The number of aryl methyl sites for hydroxylation is 2. The molecule has 6 N–H and O–H groups in total. The molecule has 0 spiro atoms. The van der Waals surface area contributed by atoms with Crippen molar-refractivity contribution in [2.75, 3.05) is 0 Å². The molecule has 610 valence electrons. The van der Waals surface area contributed by atoms with Crippen LogP contribution in [0.2, 0.25) is 0 Å². The molecule has 0 amide bonds. The number of nitrogens with zero attached hydrogens (tertiary/aromatic N) is 6. The number of unbranched alkanes of at least 4 members (excludes halogenated alkanes) is 6. The predicted molar refractivity (Wildman–Crippen MR) is 459 cm³/mol. The van der Waals surface area contributed by atoms with Crippen LogP contribution >= 0.6 is 0 Å². The van der Waals surface area contributed by atoms with Gasteiger partial charge in [0.25, 0.3) is 0 Å². The van der Waals surface area contributed by atoms with Crippen LogP contribution in [0.3, 0.4) is 0 Å². The molecule has 0 aliphatic heterocycles. The molecule has 0 fully saturated rings. The second-order valence-corrected chi connectivity index (χ2v) is 30.4. The fourth-order valence-electron chi connectivity index (χ4n) is 11.7. The average molecular weight is 2070 g/mol. The van der Waals surface area contributed by atoms with E-state index in [9.17, 15) is 15.3 Å². The van der Waals surface area contributed by atoms with Crippen molar-refractivity contribution in [3.05, 3.63) is 291 Å². The summed E-state index contributed by atoms with van der Waals surface area (Å²) >= 11 is 0. The monoisotopic (exact) mass is 2070 g/mol. The zero-order chi connectivity index (χ0) is 80.0. The minimum Gasteiger partial charge on any atom is -0.393 e. The summed E-state index contributed by atoms with van der Waals surface area (Å²) in [6.45, 7) is 23.8.